The van der Waals surface area contributed by atoms with Gasteiger partial charge in [0, 0.05) is 26.1 Å². The predicted octanol–water partition coefficient (Wildman–Crippen LogP) is 1.26. The van der Waals surface area contributed by atoms with Crippen molar-refractivity contribution in [1.29, 1.82) is 0 Å². The molecule has 1 heterocycles. The van der Waals surface area contributed by atoms with Gasteiger partial charge >= 0.3 is 12.0 Å². The third-order valence-corrected chi connectivity index (χ3v) is 3.94. The van der Waals surface area contributed by atoms with Gasteiger partial charge in [-0.25, -0.2) is 4.79 Å². The first-order chi connectivity index (χ1) is 10.9. The van der Waals surface area contributed by atoms with E-state index in [4.69, 9.17) is 10.5 Å². The van der Waals surface area contributed by atoms with Gasteiger partial charge in [0.15, 0.2) is 6.61 Å². The van der Waals surface area contributed by atoms with Crippen LogP contribution in [0.25, 0.3) is 0 Å². The van der Waals surface area contributed by atoms with Crippen LogP contribution >= 0.6 is 0 Å². The normalized spacial score (nSPS) is 20.9. The van der Waals surface area contributed by atoms with Gasteiger partial charge < -0.3 is 20.7 Å². The molecule has 0 saturated carbocycles. The Balaban J connectivity index is 2.10. The number of hydrogen-bond donors (Lipinski definition) is 2. The fourth-order valence-corrected chi connectivity index (χ4v) is 2.95. The first-order valence-corrected chi connectivity index (χ1v) is 8.35. The van der Waals surface area contributed by atoms with Gasteiger partial charge in [-0.1, -0.05) is 20.3 Å². The molecule has 2 atom stereocenters. The Labute approximate surface area is 137 Å². The van der Waals surface area contributed by atoms with Crippen molar-refractivity contribution in [3.63, 3.8) is 0 Å². The average molecular weight is 327 g/mol. The summed E-state index contributed by atoms with van der Waals surface area (Å²) in [5, 5.41) is 2.49. The van der Waals surface area contributed by atoms with Crippen LogP contribution in [0.15, 0.2) is 0 Å². The molecular formula is C16H29N3O4. The monoisotopic (exact) mass is 327 g/mol. The molecule has 0 aromatic carbocycles. The van der Waals surface area contributed by atoms with Gasteiger partial charge in [-0.3, -0.25) is 9.59 Å². The zero-order chi connectivity index (χ0) is 17.2. The smallest absolute Gasteiger partial charge is 0.312 e. The quantitative estimate of drug-likeness (QED) is 0.517. The van der Waals surface area contributed by atoms with Crippen molar-refractivity contribution in [2.45, 2.75) is 46.0 Å². The molecule has 0 spiro atoms. The van der Waals surface area contributed by atoms with Crippen LogP contribution in [-0.2, 0) is 14.3 Å². The number of carbonyl (C=O) groups is 3. The zero-order valence-corrected chi connectivity index (χ0v) is 14.2. The molecule has 0 aromatic rings. The van der Waals surface area contributed by atoms with Crippen LogP contribution < -0.4 is 11.1 Å². The molecule has 132 valence electrons. The number of ether oxygens (including phenoxy) is 1. The fourth-order valence-electron chi connectivity index (χ4n) is 2.95. The van der Waals surface area contributed by atoms with Crippen LogP contribution in [0.5, 0.6) is 0 Å². The summed E-state index contributed by atoms with van der Waals surface area (Å²) in [6.45, 7) is 6.10. The van der Waals surface area contributed by atoms with Gasteiger partial charge in [0.25, 0.3) is 5.91 Å². The number of primary amides is 1. The Kier molecular flexibility index (Phi) is 8.43. The highest BCUT2D eigenvalue weighted by molar-refractivity contribution is 5.80. The third kappa shape index (κ3) is 8.42. The fraction of sp³-hybridized carbons (Fsp3) is 0.812. The van der Waals surface area contributed by atoms with Gasteiger partial charge in [-0.05, 0) is 31.1 Å². The first-order valence-electron chi connectivity index (χ1n) is 8.35. The molecule has 7 heteroatoms. The summed E-state index contributed by atoms with van der Waals surface area (Å²) in [7, 11) is 0. The van der Waals surface area contributed by atoms with Crippen molar-refractivity contribution < 1.29 is 19.1 Å². The molecule has 0 radical (unpaired) electrons. The van der Waals surface area contributed by atoms with E-state index >= 15 is 0 Å². The highest BCUT2D eigenvalue weighted by Crippen LogP contribution is 2.20. The lowest BCUT2D eigenvalue weighted by Gasteiger charge is -2.34. The van der Waals surface area contributed by atoms with Crippen molar-refractivity contribution in [1.82, 2.24) is 10.2 Å². The molecule has 1 saturated heterocycles. The number of nitrogens with one attached hydrogen (secondary N) is 1. The lowest BCUT2D eigenvalue weighted by molar-refractivity contribution is -0.153. The maximum Gasteiger partial charge on any atom is 0.312 e. The van der Waals surface area contributed by atoms with E-state index in [1.54, 1.807) is 4.90 Å². The number of nitrogens with zero attached hydrogens (tertiary/aromatic N) is 1. The van der Waals surface area contributed by atoms with E-state index in [2.05, 4.69) is 19.2 Å². The molecule has 0 aliphatic carbocycles. The maximum absolute atomic E-state index is 12.1. The SMILES string of the molecule is C[C@@H]1C[C@@H](C)CN(C(=O)COC(=O)CCCCCNC(N)=O)C1. The van der Waals surface area contributed by atoms with Crippen LogP contribution in [0, 0.1) is 11.8 Å². The van der Waals surface area contributed by atoms with Gasteiger partial charge in [0.1, 0.15) is 0 Å². The van der Waals surface area contributed by atoms with E-state index in [-0.39, 0.29) is 24.9 Å². The highest BCUT2D eigenvalue weighted by atomic mass is 16.5. The number of urea groups is 1. The number of likely N-dealkylation sites (tertiary alicyclic amines) is 1. The molecule has 0 unspecified atom stereocenters. The van der Waals surface area contributed by atoms with E-state index in [1.165, 1.54) is 0 Å². The summed E-state index contributed by atoms with van der Waals surface area (Å²) < 4.78 is 5.05. The Bertz CT molecular complexity index is 404. The first kappa shape index (κ1) is 19.3. The molecule has 23 heavy (non-hydrogen) atoms. The van der Waals surface area contributed by atoms with E-state index in [9.17, 15) is 14.4 Å². The highest BCUT2D eigenvalue weighted by Gasteiger charge is 2.25. The van der Waals surface area contributed by atoms with E-state index in [1.807, 2.05) is 0 Å². The second-order valence-corrected chi connectivity index (χ2v) is 6.51. The summed E-state index contributed by atoms with van der Waals surface area (Å²) in [5.74, 6) is 0.529. The van der Waals surface area contributed by atoms with Crippen LogP contribution in [0.4, 0.5) is 4.79 Å². The molecule has 1 aliphatic heterocycles. The lowest BCUT2D eigenvalue weighted by Crippen LogP contribution is -2.44. The Morgan fingerprint density at radius 2 is 1.78 bits per heavy atom. The molecule has 7 nitrogen and oxygen atoms in total. The lowest BCUT2D eigenvalue weighted by atomic mass is 9.92. The summed E-state index contributed by atoms with van der Waals surface area (Å²) in [6, 6.07) is -0.538. The topological polar surface area (TPSA) is 102 Å². The second-order valence-electron chi connectivity index (χ2n) is 6.51. The summed E-state index contributed by atoms with van der Waals surface area (Å²) in [5.41, 5.74) is 4.94. The number of hydrogen-bond acceptors (Lipinski definition) is 4. The molecule has 0 bridgehead atoms. The third-order valence-electron chi connectivity index (χ3n) is 3.94. The van der Waals surface area contributed by atoms with Crippen molar-refractivity contribution in [2.75, 3.05) is 26.2 Å². The van der Waals surface area contributed by atoms with Crippen LogP contribution in [0.3, 0.4) is 0 Å². The number of nitrogens with two attached hydrogens (primary N) is 1. The molecule has 1 fully saturated rings. The van der Waals surface area contributed by atoms with Gasteiger partial charge in [-0.2, -0.15) is 0 Å². The minimum atomic E-state index is -0.538. The summed E-state index contributed by atoms with van der Waals surface area (Å²) >= 11 is 0. The molecule has 1 aliphatic rings. The van der Waals surface area contributed by atoms with Gasteiger partial charge in [-0.15, -0.1) is 0 Å². The van der Waals surface area contributed by atoms with Crippen molar-refractivity contribution in [3.05, 3.63) is 0 Å². The maximum atomic E-state index is 12.1. The second kappa shape index (κ2) is 10.1. The summed E-state index contributed by atoms with van der Waals surface area (Å²) in [4.78, 5) is 35.9. The zero-order valence-electron chi connectivity index (χ0n) is 14.2. The van der Waals surface area contributed by atoms with Gasteiger partial charge in [0.05, 0.1) is 0 Å². The number of esters is 1. The molecule has 1 rings (SSSR count). The van der Waals surface area contributed by atoms with E-state index < -0.39 is 6.03 Å². The van der Waals surface area contributed by atoms with Crippen LogP contribution in [0.1, 0.15) is 46.0 Å². The standard InChI is InChI=1S/C16H29N3O4/c1-12-8-13(2)10-19(9-12)14(20)11-23-15(21)6-4-3-5-7-18-16(17)22/h12-13H,3-11H2,1-2H3,(H3,17,18,22)/t12-,13-/m1/s1. The van der Waals surface area contributed by atoms with Crippen molar-refractivity contribution >= 4 is 17.9 Å². The van der Waals surface area contributed by atoms with Crippen LogP contribution in [0.2, 0.25) is 0 Å². The van der Waals surface area contributed by atoms with Crippen molar-refractivity contribution in [3.8, 4) is 0 Å². The number of unbranched alkanes of at least 4 members (excludes halogenated alkanes) is 2. The Morgan fingerprint density at radius 3 is 2.39 bits per heavy atom. The summed E-state index contributed by atoms with van der Waals surface area (Å²) in [6.07, 6.45) is 3.65. The predicted molar refractivity (Wildman–Crippen MR) is 86.5 cm³/mol. The average Bonchev–Trinajstić information content (AvgIpc) is 2.47. The number of rotatable bonds is 8. The minimum absolute atomic E-state index is 0.109. The Morgan fingerprint density at radius 1 is 1.13 bits per heavy atom. The number of carbonyl (C=O) groups excluding carboxylic acids is 3. The molecule has 3 amide bonds. The number of piperidine rings is 1. The van der Waals surface area contributed by atoms with Gasteiger partial charge in [0.2, 0.25) is 0 Å². The molecule has 3 N–H and O–H groups in total. The molecular weight excluding hydrogens is 298 g/mol. The Hall–Kier alpha value is -1.79. The van der Waals surface area contributed by atoms with E-state index in [0.717, 1.165) is 32.4 Å². The molecule has 0 aromatic heterocycles. The van der Waals surface area contributed by atoms with E-state index in [0.29, 0.717) is 24.8 Å². The minimum Gasteiger partial charge on any atom is -0.456 e. The largest absolute Gasteiger partial charge is 0.456 e. The number of amides is 3. The van der Waals surface area contributed by atoms with Crippen molar-refractivity contribution in [2.24, 2.45) is 17.6 Å². The van der Waals surface area contributed by atoms with Crippen LogP contribution in [-0.4, -0.2) is 49.0 Å².